The van der Waals surface area contributed by atoms with E-state index in [-0.39, 0.29) is 18.4 Å². The quantitative estimate of drug-likeness (QED) is 0.319. The predicted octanol–water partition coefficient (Wildman–Crippen LogP) is 0.677. The van der Waals surface area contributed by atoms with Crippen LogP contribution in [-0.2, 0) is 0 Å². The third-order valence-electron chi connectivity index (χ3n) is 0.879. The van der Waals surface area contributed by atoms with Gasteiger partial charge in [0.05, 0.1) is 0 Å². The van der Waals surface area contributed by atoms with Gasteiger partial charge in [0.2, 0.25) is 5.96 Å². The number of hydrogen-bond donors (Lipinski definition) is 3. The van der Waals surface area contributed by atoms with E-state index in [1.807, 2.05) is 13.8 Å². The third kappa shape index (κ3) is 7.23. The molecule has 0 bridgehead atoms. The van der Waals surface area contributed by atoms with Gasteiger partial charge < -0.3 is 5.73 Å². The second-order valence-electron chi connectivity index (χ2n) is 1.73. The first kappa shape index (κ1) is 12.0. The lowest BCUT2D eigenvalue weighted by Gasteiger charge is -1.95. The summed E-state index contributed by atoms with van der Waals surface area (Å²) in [4.78, 5) is 0. The minimum absolute atomic E-state index is 0. The van der Waals surface area contributed by atoms with Crippen LogP contribution in [0.25, 0.3) is 0 Å². The molecule has 5 heteroatoms. The van der Waals surface area contributed by atoms with Crippen LogP contribution >= 0.6 is 12.4 Å². The molecule has 0 aromatic rings. The van der Waals surface area contributed by atoms with E-state index in [0.717, 1.165) is 12.1 Å². The first-order chi connectivity index (χ1) is 4.16. The molecule has 0 aliphatic rings. The van der Waals surface area contributed by atoms with Gasteiger partial charge in [-0.15, -0.1) is 12.4 Å². The molecule has 0 atom stereocenters. The molecule has 0 amide bonds. The number of hydrogen-bond acceptors (Lipinski definition) is 2. The second kappa shape index (κ2) is 6.35. The molecule has 60 valence electrons. The highest BCUT2D eigenvalue weighted by atomic mass is 35.5. The Morgan fingerprint density at radius 1 is 1.70 bits per heavy atom. The Kier molecular flexibility index (Phi) is 7.60. The van der Waals surface area contributed by atoms with E-state index in [2.05, 4.69) is 10.5 Å². The standard InChI is InChI=1S/C5H12N4.ClH/c1-3-4(2)8-9-5(6)7;/h3H2,1-2H3,(H4,6,7,9);1H. The van der Waals surface area contributed by atoms with Crippen molar-refractivity contribution in [3.8, 4) is 0 Å². The SMILES string of the molecule is CCC(C)=NNC(=N)N.Cl. The molecule has 0 heterocycles. The molecule has 4 nitrogen and oxygen atoms in total. The topological polar surface area (TPSA) is 74.3 Å². The summed E-state index contributed by atoms with van der Waals surface area (Å²) in [6, 6.07) is 0. The van der Waals surface area contributed by atoms with E-state index >= 15 is 0 Å². The number of nitrogens with zero attached hydrogens (tertiary/aromatic N) is 1. The second-order valence-corrected chi connectivity index (χ2v) is 1.73. The van der Waals surface area contributed by atoms with Crippen molar-refractivity contribution < 1.29 is 0 Å². The fraction of sp³-hybridized carbons (Fsp3) is 0.600. The largest absolute Gasteiger partial charge is 0.369 e. The Morgan fingerprint density at radius 3 is 2.50 bits per heavy atom. The Balaban J connectivity index is 0. The summed E-state index contributed by atoms with van der Waals surface area (Å²) in [6.07, 6.45) is 0.875. The molecule has 0 unspecified atom stereocenters. The van der Waals surface area contributed by atoms with Crippen molar-refractivity contribution in [3.05, 3.63) is 0 Å². The number of hydrazone groups is 1. The van der Waals surface area contributed by atoms with Crippen LogP contribution in [-0.4, -0.2) is 11.7 Å². The first-order valence-corrected chi connectivity index (χ1v) is 2.80. The van der Waals surface area contributed by atoms with Crippen molar-refractivity contribution in [2.24, 2.45) is 10.8 Å². The van der Waals surface area contributed by atoms with Crippen molar-refractivity contribution in [3.63, 3.8) is 0 Å². The van der Waals surface area contributed by atoms with E-state index in [4.69, 9.17) is 11.1 Å². The van der Waals surface area contributed by atoms with E-state index in [0.29, 0.717) is 0 Å². The molecule has 0 aromatic carbocycles. The predicted molar refractivity (Wildman–Crippen MR) is 45.7 cm³/mol. The fourth-order valence-corrected chi connectivity index (χ4v) is 0.235. The first-order valence-electron chi connectivity index (χ1n) is 2.80. The molecule has 4 N–H and O–H groups in total. The average molecular weight is 165 g/mol. The molecule has 0 saturated heterocycles. The maximum absolute atomic E-state index is 6.72. The van der Waals surface area contributed by atoms with Crippen molar-refractivity contribution in [2.75, 3.05) is 0 Å². The molecule has 0 rings (SSSR count). The van der Waals surface area contributed by atoms with Crippen molar-refractivity contribution in [1.29, 1.82) is 5.41 Å². The lowest BCUT2D eigenvalue weighted by atomic mass is 10.3. The highest BCUT2D eigenvalue weighted by Crippen LogP contribution is 1.79. The van der Waals surface area contributed by atoms with Crippen LogP contribution in [0, 0.1) is 5.41 Å². The zero-order valence-corrected chi connectivity index (χ0v) is 6.96. The smallest absolute Gasteiger partial charge is 0.206 e. The van der Waals surface area contributed by atoms with Crippen molar-refractivity contribution in [1.82, 2.24) is 5.43 Å². The van der Waals surface area contributed by atoms with Crippen LogP contribution in [0.15, 0.2) is 5.10 Å². The van der Waals surface area contributed by atoms with Gasteiger partial charge in [-0.05, 0) is 13.3 Å². The zero-order chi connectivity index (χ0) is 7.28. The summed E-state index contributed by atoms with van der Waals surface area (Å²) >= 11 is 0. The molecular weight excluding hydrogens is 152 g/mol. The highest BCUT2D eigenvalue weighted by Gasteiger charge is 1.83. The van der Waals surface area contributed by atoms with Crippen molar-refractivity contribution >= 4 is 24.1 Å². The van der Waals surface area contributed by atoms with Gasteiger partial charge in [-0.1, -0.05) is 6.92 Å². The lowest BCUT2D eigenvalue weighted by molar-refractivity contribution is 0.977. The van der Waals surface area contributed by atoms with Gasteiger partial charge in [0.1, 0.15) is 0 Å². The average Bonchev–Trinajstić information content (AvgIpc) is 1.83. The monoisotopic (exact) mass is 164 g/mol. The van der Waals surface area contributed by atoms with Gasteiger partial charge in [0.15, 0.2) is 0 Å². The van der Waals surface area contributed by atoms with Gasteiger partial charge in [-0.2, -0.15) is 5.10 Å². The number of rotatable bonds is 2. The van der Waals surface area contributed by atoms with Crippen LogP contribution in [0.4, 0.5) is 0 Å². The molecular formula is C5H13ClN4. The van der Waals surface area contributed by atoms with Gasteiger partial charge >= 0.3 is 0 Å². The summed E-state index contributed by atoms with van der Waals surface area (Å²) in [5.74, 6) is -0.122. The van der Waals surface area contributed by atoms with Crippen LogP contribution < -0.4 is 11.2 Å². The summed E-state index contributed by atoms with van der Waals surface area (Å²) in [5.41, 5.74) is 8.24. The summed E-state index contributed by atoms with van der Waals surface area (Å²) in [5, 5.41) is 10.5. The molecule has 0 radical (unpaired) electrons. The van der Waals surface area contributed by atoms with Crippen LogP contribution in [0.2, 0.25) is 0 Å². The van der Waals surface area contributed by atoms with E-state index in [1.54, 1.807) is 0 Å². The molecule has 0 fully saturated rings. The molecule has 0 spiro atoms. The Hall–Kier alpha value is -0.770. The van der Waals surface area contributed by atoms with Gasteiger partial charge in [-0.25, -0.2) is 5.43 Å². The highest BCUT2D eigenvalue weighted by molar-refractivity contribution is 5.85. The molecule has 0 saturated carbocycles. The van der Waals surface area contributed by atoms with E-state index in [9.17, 15) is 0 Å². The Bertz CT molecular complexity index is 132. The minimum Gasteiger partial charge on any atom is -0.369 e. The molecule has 0 aliphatic carbocycles. The Morgan fingerprint density at radius 2 is 2.20 bits per heavy atom. The number of nitrogens with two attached hydrogens (primary N) is 1. The van der Waals surface area contributed by atoms with Crippen LogP contribution in [0.5, 0.6) is 0 Å². The van der Waals surface area contributed by atoms with Gasteiger partial charge in [0.25, 0.3) is 0 Å². The van der Waals surface area contributed by atoms with E-state index in [1.165, 1.54) is 0 Å². The van der Waals surface area contributed by atoms with Gasteiger partial charge in [-0.3, -0.25) is 5.41 Å². The zero-order valence-electron chi connectivity index (χ0n) is 6.14. The normalized spacial score (nSPS) is 10.0. The molecule has 0 aliphatic heterocycles. The summed E-state index contributed by atoms with van der Waals surface area (Å²) < 4.78 is 0. The number of nitrogens with one attached hydrogen (secondary N) is 2. The fourth-order valence-electron chi connectivity index (χ4n) is 0.235. The summed E-state index contributed by atoms with van der Waals surface area (Å²) in [7, 11) is 0. The van der Waals surface area contributed by atoms with E-state index < -0.39 is 0 Å². The Labute approximate surface area is 66.8 Å². The molecule has 0 aromatic heterocycles. The number of guanidine groups is 1. The van der Waals surface area contributed by atoms with Crippen LogP contribution in [0.3, 0.4) is 0 Å². The van der Waals surface area contributed by atoms with Crippen LogP contribution in [0.1, 0.15) is 20.3 Å². The maximum atomic E-state index is 6.72. The molecule has 10 heavy (non-hydrogen) atoms. The van der Waals surface area contributed by atoms with Crippen molar-refractivity contribution in [2.45, 2.75) is 20.3 Å². The number of halogens is 1. The van der Waals surface area contributed by atoms with Gasteiger partial charge in [0, 0.05) is 5.71 Å². The summed E-state index contributed by atoms with van der Waals surface area (Å²) in [6.45, 7) is 3.86. The third-order valence-corrected chi connectivity index (χ3v) is 0.879. The maximum Gasteiger partial charge on any atom is 0.206 e. The lowest BCUT2D eigenvalue weighted by Crippen LogP contribution is -2.26. The minimum atomic E-state index is -0.122.